The van der Waals surface area contributed by atoms with Crippen molar-refractivity contribution in [3.8, 4) is 0 Å². The molecule has 1 aliphatic carbocycles. The third-order valence-electron chi connectivity index (χ3n) is 2.62. The molecule has 0 amide bonds. The zero-order valence-electron chi connectivity index (χ0n) is 8.70. The first-order valence-electron chi connectivity index (χ1n) is 5.03. The maximum atomic E-state index is 10.2. The van der Waals surface area contributed by atoms with Gasteiger partial charge in [0.15, 0.2) is 0 Å². The molecular formula is C10H17N3O. The molecule has 1 atom stereocenters. The van der Waals surface area contributed by atoms with Crippen LogP contribution in [0.25, 0.3) is 0 Å². The Morgan fingerprint density at radius 2 is 2.43 bits per heavy atom. The van der Waals surface area contributed by atoms with Crippen molar-refractivity contribution >= 4 is 0 Å². The maximum Gasteiger partial charge on any atom is 0.141 e. The van der Waals surface area contributed by atoms with Crippen LogP contribution in [0.5, 0.6) is 0 Å². The van der Waals surface area contributed by atoms with Crippen molar-refractivity contribution in [2.45, 2.75) is 31.4 Å². The summed E-state index contributed by atoms with van der Waals surface area (Å²) in [6, 6.07) is 0.613. The molecule has 1 heterocycles. The lowest BCUT2D eigenvalue weighted by Crippen LogP contribution is -2.38. The second-order valence-electron chi connectivity index (χ2n) is 4.29. The fourth-order valence-corrected chi connectivity index (χ4v) is 1.59. The highest BCUT2D eigenvalue weighted by molar-refractivity contribution is 5.04. The summed E-state index contributed by atoms with van der Waals surface area (Å²) in [5, 5.41) is 13.5. The van der Waals surface area contributed by atoms with Crippen molar-refractivity contribution in [1.29, 1.82) is 0 Å². The van der Waals surface area contributed by atoms with E-state index in [9.17, 15) is 5.11 Å². The van der Waals surface area contributed by atoms with Crippen molar-refractivity contribution in [3.05, 3.63) is 18.2 Å². The second-order valence-corrected chi connectivity index (χ2v) is 4.29. The van der Waals surface area contributed by atoms with Crippen LogP contribution in [0.3, 0.4) is 0 Å². The van der Waals surface area contributed by atoms with Gasteiger partial charge in [-0.15, -0.1) is 0 Å². The Morgan fingerprint density at radius 3 is 2.93 bits per heavy atom. The molecule has 1 aromatic heterocycles. The smallest absolute Gasteiger partial charge is 0.141 e. The number of hydrogen-bond donors (Lipinski definition) is 2. The summed E-state index contributed by atoms with van der Waals surface area (Å²) in [6.07, 6.45) is 6.02. The van der Waals surface area contributed by atoms with Crippen LogP contribution in [0.15, 0.2) is 12.4 Å². The van der Waals surface area contributed by atoms with E-state index in [-0.39, 0.29) is 0 Å². The van der Waals surface area contributed by atoms with Gasteiger partial charge in [-0.1, -0.05) is 0 Å². The van der Waals surface area contributed by atoms with E-state index in [1.165, 1.54) is 12.8 Å². The molecule has 0 radical (unpaired) electrons. The van der Waals surface area contributed by atoms with Gasteiger partial charge in [0.05, 0.1) is 0 Å². The van der Waals surface area contributed by atoms with E-state index >= 15 is 0 Å². The SMILES string of the molecule is Cn1ccnc1C(C)(O)CNC1CC1. The minimum Gasteiger partial charge on any atom is -0.381 e. The number of rotatable bonds is 4. The highest BCUT2D eigenvalue weighted by Gasteiger charge is 2.30. The van der Waals surface area contributed by atoms with Gasteiger partial charge in [0.1, 0.15) is 11.4 Å². The van der Waals surface area contributed by atoms with Crippen molar-refractivity contribution in [1.82, 2.24) is 14.9 Å². The summed E-state index contributed by atoms with van der Waals surface area (Å²) >= 11 is 0. The minimum atomic E-state index is -0.874. The van der Waals surface area contributed by atoms with Crippen molar-refractivity contribution in [2.75, 3.05) is 6.54 Å². The minimum absolute atomic E-state index is 0.572. The van der Waals surface area contributed by atoms with E-state index in [4.69, 9.17) is 0 Å². The fourth-order valence-electron chi connectivity index (χ4n) is 1.59. The number of aliphatic hydroxyl groups is 1. The molecule has 0 spiro atoms. The van der Waals surface area contributed by atoms with E-state index < -0.39 is 5.60 Å². The fraction of sp³-hybridized carbons (Fsp3) is 0.700. The third-order valence-corrected chi connectivity index (χ3v) is 2.62. The van der Waals surface area contributed by atoms with Crippen LogP contribution >= 0.6 is 0 Å². The molecule has 0 saturated heterocycles. The van der Waals surface area contributed by atoms with E-state index in [1.807, 2.05) is 17.8 Å². The Labute approximate surface area is 84.0 Å². The van der Waals surface area contributed by atoms with Crippen molar-refractivity contribution < 1.29 is 5.11 Å². The van der Waals surface area contributed by atoms with Gasteiger partial charge in [-0.2, -0.15) is 0 Å². The number of imidazole rings is 1. The average Bonchev–Trinajstić information content (AvgIpc) is 2.85. The molecule has 0 aromatic carbocycles. The van der Waals surface area contributed by atoms with Gasteiger partial charge in [0.25, 0.3) is 0 Å². The second kappa shape index (κ2) is 3.37. The molecule has 1 fully saturated rings. The number of aromatic nitrogens is 2. The van der Waals surface area contributed by atoms with E-state index in [2.05, 4.69) is 10.3 Å². The Morgan fingerprint density at radius 1 is 1.71 bits per heavy atom. The van der Waals surface area contributed by atoms with Crippen LogP contribution < -0.4 is 5.32 Å². The largest absolute Gasteiger partial charge is 0.381 e. The van der Waals surface area contributed by atoms with Gasteiger partial charge in [0, 0.05) is 32.0 Å². The standard InChI is InChI=1S/C10H17N3O/c1-10(14,7-12-8-3-4-8)9-11-5-6-13(9)2/h5-6,8,12,14H,3-4,7H2,1-2H3. The predicted molar refractivity (Wildman–Crippen MR) is 53.8 cm³/mol. The summed E-state index contributed by atoms with van der Waals surface area (Å²) in [4.78, 5) is 4.16. The zero-order valence-corrected chi connectivity index (χ0v) is 8.70. The van der Waals surface area contributed by atoms with E-state index in [0.717, 1.165) is 0 Å². The molecule has 78 valence electrons. The highest BCUT2D eigenvalue weighted by Crippen LogP contribution is 2.22. The summed E-state index contributed by atoms with van der Waals surface area (Å²) < 4.78 is 1.86. The third kappa shape index (κ3) is 1.96. The number of hydrogen-bond acceptors (Lipinski definition) is 3. The Balaban J connectivity index is 2.02. The van der Waals surface area contributed by atoms with Gasteiger partial charge in [-0.25, -0.2) is 4.98 Å². The molecule has 0 bridgehead atoms. The molecule has 1 saturated carbocycles. The molecule has 14 heavy (non-hydrogen) atoms. The van der Waals surface area contributed by atoms with Gasteiger partial charge >= 0.3 is 0 Å². The normalized spacial score (nSPS) is 20.8. The van der Waals surface area contributed by atoms with Crippen LogP contribution in [0.1, 0.15) is 25.6 Å². The van der Waals surface area contributed by atoms with Gasteiger partial charge in [0.2, 0.25) is 0 Å². The first kappa shape index (κ1) is 9.68. The van der Waals surface area contributed by atoms with Crippen LogP contribution in [0.2, 0.25) is 0 Å². The molecule has 1 unspecified atom stereocenters. The average molecular weight is 195 g/mol. The van der Waals surface area contributed by atoms with Gasteiger partial charge in [-0.05, 0) is 19.8 Å². The Bertz CT molecular complexity index is 315. The van der Waals surface area contributed by atoms with E-state index in [1.54, 1.807) is 13.1 Å². The topological polar surface area (TPSA) is 50.1 Å². The molecule has 1 aliphatic rings. The summed E-state index contributed by atoms with van der Waals surface area (Å²) in [5.41, 5.74) is -0.874. The first-order chi connectivity index (χ1) is 6.59. The lowest BCUT2D eigenvalue weighted by Gasteiger charge is -2.23. The molecule has 4 nitrogen and oxygen atoms in total. The molecule has 0 aliphatic heterocycles. The lowest BCUT2D eigenvalue weighted by molar-refractivity contribution is 0.0446. The zero-order chi connectivity index (χ0) is 10.2. The van der Waals surface area contributed by atoms with Gasteiger partial charge in [-0.3, -0.25) is 0 Å². The monoisotopic (exact) mass is 195 g/mol. The molecule has 4 heteroatoms. The molecule has 2 rings (SSSR count). The molecule has 2 N–H and O–H groups in total. The summed E-state index contributed by atoms with van der Waals surface area (Å²) in [5.74, 6) is 0.714. The lowest BCUT2D eigenvalue weighted by atomic mass is 10.1. The van der Waals surface area contributed by atoms with Crippen LogP contribution in [-0.2, 0) is 12.6 Å². The van der Waals surface area contributed by atoms with Gasteiger partial charge < -0.3 is 15.0 Å². The summed E-state index contributed by atoms with van der Waals surface area (Å²) in [7, 11) is 1.90. The van der Waals surface area contributed by atoms with Crippen LogP contribution in [0, 0.1) is 0 Å². The number of aryl methyl sites for hydroxylation is 1. The van der Waals surface area contributed by atoms with E-state index in [0.29, 0.717) is 18.4 Å². The van der Waals surface area contributed by atoms with Crippen LogP contribution in [-0.4, -0.2) is 27.2 Å². The quantitative estimate of drug-likeness (QED) is 0.730. The Kier molecular flexibility index (Phi) is 2.33. The number of nitrogens with one attached hydrogen (secondary N) is 1. The predicted octanol–water partition coefficient (Wildman–Crippen LogP) is 0.380. The number of nitrogens with zero attached hydrogens (tertiary/aromatic N) is 2. The van der Waals surface area contributed by atoms with Crippen LogP contribution in [0.4, 0.5) is 0 Å². The first-order valence-corrected chi connectivity index (χ1v) is 5.03. The highest BCUT2D eigenvalue weighted by atomic mass is 16.3. The summed E-state index contributed by atoms with van der Waals surface area (Å²) in [6.45, 7) is 2.37. The van der Waals surface area contributed by atoms with Crippen molar-refractivity contribution in [2.24, 2.45) is 7.05 Å². The molecule has 1 aromatic rings. The maximum absolute atomic E-state index is 10.2. The Hall–Kier alpha value is -0.870. The van der Waals surface area contributed by atoms with Crippen molar-refractivity contribution in [3.63, 3.8) is 0 Å². The molecular weight excluding hydrogens is 178 g/mol.